The van der Waals surface area contributed by atoms with Crippen LogP contribution in [0.15, 0.2) is 6.20 Å². The zero-order chi connectivity index (χ0) is 19.1. The monoisotopic (exact) mass is 367 g/mol. The van der Waals surface area contributed by atoms with Crippen LogP contribution in [0.4, 0.5) is 14.7 Å². The number of hydrogen-bond acceptors (Lipinski definition) is 6. The van der Waals surface area contributed by atoms with Gasteiger partial charge >= 0.3 is 12.2 Å². The predicted octanol–water partition coefficient (Wildman–Crippen LogP) is 3.76. The number of nitrogens with one attached hydrogen (secondary N) is 2. The summed E-state index contributed by atoms with van der Waals surface area (Å²) in [5.41, 5.74) is -1.08. The fourth-order valence-electron chi connectivity index (χ4n) is 1.47. The molecule has 0 radical (unpaired) electrons. The van der Waals surface area contributed by atoms with Crippen LogP contribution >= 0.6 is 11.3 Å². The van der Waals surface area contributed by atoms with Crippen molar-refractivity contribution >= 4 is 28.7 Å². The van der Waals surface area contributed by atoms with E-state index in [9.17, 15) is 9.59 Å². The Labute approximate surface area is 152 Å². The first kappa shape index (κ1) is 20.8. The van der Waals surface area contributed by atoms with E-state index < -0.39 is 23.4 Å². The van der Waals surface area contributed by atoms with Crippen LogP contribution in [-0.4, -0.2) is 34.9 Å². The van der Waals surface area contributed by atoms with Crippen molar-refractivity contribution in [2.24, 2.45) is 0 Å². The highest BCUT2D eigenvalue weighted by atomic mass is 32.1. The zero-order valence-electron chi connectivity index (χ0n) is 15.5. The Morgan fingerprint density at radius 2 is 1.72 bits per heavy atom. The van der Waals surface area contributed by atoms with Gasteiger partial charge in [-0.3, -0.25) is 5.32 Å². The van der Waals surface area contributed by atoms with Crippen LogP contribution in [0.25, 0.3) is 0 Å². The lowest BCUT2D eigenvalue weighted by Gasteiger charge is -2.19. The molecule has 0 aliphatic carbocycles. The largest absolute Gasteiger partial charge is 0.444 e. The number of anilines is 1. The first-order chi connectivity index (χ1) is 11.4. The molecule has 138 valence electrons. The van der Waals surface area contributed by atoms with Crippen molar-refractivity contribution < 1.29 is 19.1 Å². The number of alkyl carbamates (subject to hydrolysis) is 1. The van der Waals surface area contributed by atoms with Gasteiger partial charge in [0.25, 0.3) is 0 Å². The Balaban J connectivity index is 2.38. The molecule has 1 aromatic rings. The van der Waals surface area contributed by atoms with Crippen molar-refractivity contribution in [2.75, 3.05) is 11.9 Å². The van der Waals surface area contributed by atoms with E-state index in [1.807, 2.05) is 0 Å². The molecule has 0 unspecified atom stereocenters. The number of thiazole rings is 1. The van der Waals surface area contributed by atoms with Crippen LogP contribution in [-0.2, 0) is 9.47 Å². The van der Waals surface area contributed by atoms with Gasteiger partial charge in [0.1, 0.15) is 11.2 Å². The van der Waals surface area contributed by atoms with E-state index in [1.54, 1.807) is 47.7 Å². The Kier molecular flexibility index (Phi) is 7.24. The average molecular weight is 367 g/mol. The van der Waals surface area contributed by atoms with Crippen molar-refractivity contribution in [3.8, 4) is 11.8 Å². The smallest absolute Gasteiger partial charge is 0.413 e. The summed E-state index contributed by atoms with van der Waals surface area (Å²) in [6, 6.07) is 0. The number of carbonyl (C=O) groups excluding carboxylic acids is 2. The molecule has 7 nitrogen and oxygen atoms in total. The molecule has 1 aromatic heterocycles. The fraction of sp³-hybridized carbons (Fsp3) is 0.588. The van der Waals surface area contributed by atoms with Crippen molar-refractivity contribution in [3.05, 3.63) is 11.1 Å². The van der Waals surface area contributed by atoms with E-state index in [4.69, 9.17) is 9.47 Å². The molecular weight excluding hydrogens is 342 g/mol. The molecule has 2 amide bonds. The molecular formula is C17H25N3O4S. The van der Waals surface area contributed by atoms with Gasteiger partial charge in [-0.15, -0.1) is 0 Å². The van der Waals surface area contributed by atoms with Crippen molar-refractivity contribution in [1.82, 2.24) is 10.3 Å². The van der Waals surface area contributed by atoms with Crippen molar-refractivity contribution in [2.45, 2.75) is 59.2 Å². The zero-order valence-corrected chi connectivity index (χ0v) is 16.3. The van der Waals surface area contributed by atoms with E-state index in [0.717, 1.165) is 0 Å². The lowest BCUT2D eigenvalue weighted by Crippen LogP contribution is -2.32. The quantitative estimate of drug-likeness (QED) is 0.627. The minimum absolute atomic E-state index is 0.393. The van der Waals surface area contributed by atoms with E-state index in [2.05, 4.69) is 27.5 Å². The molecule has 0 spiro atoms. The maximum atomic E-state index is 11.6. The number of ether oxygens (including phenoxy) is 2. The van der Waals surface area contributed by atoms with Crippen LogP contribution < -0.4 is 10.6 Å². The number of carbonyl (C=O) groups is 2. The van der Waals surface area contributed by atoms with Gasteiger partial charge in [-0.1, -0.05) is 23.2 Å². The number of amides is 2. The summed E-state index contributed by atoms with van der Waals surface area (Å²) in [5.74, 6) is 5.86. The fourth-order valence-corrected chi connectivity index (χ4v) is 2.15. The van der Waals surface area contributed by atoms with Crippen LogP contribution in [0.2, 0.25) is 0 Å². The summed E-state index contributed by atoms with van der Waals surface area (Å²) >= 11 is 1.25. The second kappa shape index (κ2) is 8.72. The SMILES string of the molecule is CC(C)(C)OC(=O)NCCC#Cc1cnc(NC(=O)OC(C)(C)C)s1. The number of hydrogen-bond donors (Lipinski definition) is 2. The number of nitrogens with zero attached hydrogens (tertiary/aromatic N) is 1. The highest BCUT2D eigenvalue weighted by Crippen LogP contribution is 2.18. The van der Waals surface area contributed by atoms with Gasteiger partial charge in [-0.25, -0.2) is 14.6 Å². The van der Waals surface area contributed by atoms with E-state index in [1.165, 1.54) is 11.3 Å². The molecule has 2 N–H and O–H groups in total. The average Bonchev–Trinajstić information content (AvgIpc) is 2.81. The molecule has 0 saturated carbocycles. The van der Waals surface area contributed by atoms with E-state index in [0.29, 0.717) is 23.0 Å². The van der Waals surface area contributed by atoms with Crippen LogP contribution in [0.3, 0.4) is 0 Å². The second-order valence-corrected chi connectivity index (χ2v) is 8.17. The third kappa shape index (κ3) is 10.2. The first-order valence-corrected chi connectivity index (χ1v) is 8.68. The minimum Gasteiger partial charge on any atom is -0.444 e. The van der Waals surface area contributed by atoms with Gasteiger partial charge in [-0.05, 0) is 41.5 Å². The molecule has 8 heteroatoms. The van der Waals surface area contributed by atoms with Gasteiger partial charge in [0, 0.05) is 13.0 Å². The Morgan fingerprint density at radius 3 is 2.32 bits per heavy atom. The van der Waals surface area contributed by atoms with Gasteiger partial charge < -0.3 is 14.8 Å². The van der Waals surface area contributed by atoms with Crippen molar-refractivity contribution in [1.29, 1.82) is 0 Å². The lowest BCUT2D eigenvalue weighted by molar-refractivity contribution is 0.0528. The van der Waals surface area contributed by atoms with Gasteiger partial charge in [0.05, 0.1) is 11.1 Å². The van der Waals surface area contributed by atoms with Gasteiger partial charge in [0.2, 0.25) is 0 Å². The van der Waals surface area contributed by atoms with Crippen LogP contribution in [0.5, 0.6) is 0 Å². The molecule has 0 saturated heterocycles. The summed E-state index contributed by atoms with van der Waals surface area (Å²) in [6.45, 7) is 11.2. The minimum atomic E-state index is -0.564. The topological polar surface area (TPSA) is 89.5 Å². The highest BCUT2D eigenvalue weighted by Gasteiger charge is 2.17. The molecule has 0 bridgehead atoms. The van der Waals surface area contributed by atoms with E-state index >= 15 is 0 Å². The maximum absolute atomic E-state index is 11.6. The first-order valence-electron chi connectivity index (χ1n) is 7.86. The summed E-state index contributed by atoms with van der Waals surface area (Å²) in [4.78, 5) is 27.9. The van der Waals surface area contributed by atoms with Gasteiger partial charge in [-0.2, -0.15) is 0 Å². The third-order valence-electron chi connectivity index (χ3n) is 2.24. The van der Waals surface area contributed by atoms with Crippen LogP contribution in [0.1, 0.15) is 52.8 Å². The lowest BCUT2D eigenvalue weighted by atomic mass is 10.2. The molecule has 0 aromatic carbocycles. The molecule has 0 fully saturated rings. The third-order valence-corrected chi connectivity index (χ3v) is 3.07. The Morgan fingerprint density at radius 1 is 1.12 bits per heavy atom. The maximum Gasteiger partial charge on any atom is 0.413 e. The molecule has 1 rings (SSSR count). The van der Waals surface area contributed by atoms with Crippen LogP contribution in [0, 0.1) is 11.8 Å². The summed E-state index contributed by atoms with van der Waals surface area (Å²) < 4.78 is 10.3. The Bertz CT molecular complexity index is 660. The standard InChI is InChI=1S/C17H25N3O4S/c1-16(2,3)23-14(21)18-10-8-7-9-12-11-19-13(25-12)20-15(22)24-17(4,5)6/h11H,8,10H2,1-6H3,(H,18,21)(H,19,20,22). The number of rotatable bonds is 3. The van der Waals surface area contributed by atoms with Crippen molar-refractivity contribution in [3.63, 3.8) is 0 Å². The van der Waals surface area contributed by atoms with E-state index in [-0.39, 0.29) is 0 Å². The predicted molar refractivity (Wildman–Crippen MR) is 97.7 cm³/mol. The highest BCUT2D eigenvalue weighted by molar-refractivity contribution is 7.16. The van der Waals surface area contributed by atoms with Gasteiger partial charge in [0.15, 0.2) is 5.13 Å². The molecule has 0 atom stereocenters. The second-order valence-electron chi connectivity index (χ2n) is 7.14. The molecule has 0 aliphatic rings. The normalized spacial score (nSPS) is 11.1. The summed E-state index contributed by atoms with van der Waals surface area (Å²) in [6.07, 6.45) is 1.04. The molecule has 25 heavy (non-hydrogen) atoms. The molecule has 1 heterocycles. The Hall–Kier alpha value is -2.27. The number of aromatic nitrogens is 1. The molecule has 0 aliphatic heterocycles. The summed E-state index contributed by atoms with van der Waals surface area (Å²) in [7, 11) is 0. The summed E-state index contributed by atoms with van der Waals surface area (Å²) in [5, 5.41) is 5.61.